The molecule has 4 atom stereocenters. The Morgan fingerprint density at radius 1 is 1.25 bits per heavy atom. The van der Waals surface area contributed by atoms with Crippen LogP contribution < -0.4 is 5.32 Å². The summed E-state index contributed by atoms with van der Waals surface area (Å²) in [6.45, 7) is 5.86. The zero-order valence-corrected chi connectivity index (χ0v) is 12.7. The summed E-state index contributed by atoms with van der Waals surface area (Å²) in [5, 5.41) is 22.0. The molecule has 4 unspecified atom stereocenters. The number of aliphatic hydroxyl groups is 1. The maximum atomic E-state index is 12.2. The lowest BCUT2D eigenvalue weighted by atomic mass is 9.94. The molecule has 0 aliphatic heterocycles. The van der Waals surface area contributed by atoms with Crippen molar-refractivity contribution in [1.82, 2.24) is 5.32 Å². The Labute approximate surface area is 120 Å². The van der Waals surface area contributed by atoms with Gasteiger partial charge in [0, 0.05) is 6.54 Å². The maximum Gasteiger partial charge on any atom is 0.307 e. The average molecular weight is 285 g/mol. The van der Waals surface area contributed by atoms with Crippen molar-refractivity contribution in [2.45, 2.75) is 58.5 Å². The fourth-order valence-corrected chi connectivity index (χ4v) is 3.07. The summed E-state index contributed by atoms with van der Waals surface area (Å²) >= 11 is 0. The van der Waals surface area contributed by atoms with Crippen molar-refractivity contribution in [3.8, 4) is 0 Å². The molecule has 0 aromatic carbocycles. The highest BCUT2D eigenvalue weighted by Gasteiger charge is 2.42. The molecule has 1 aliphatic carbocycles. The SMILES string of the molecule is CCCC(C)(O)CNC(=O)C1CC(CC)CC1C(=O)O. The molecular formula is C15H27NO4. The van der Waals surface area contributed by atoms with Gasteiger partial charge in [-0.25, -0.2) is 0 Å². The molecular weight excluding hydrogens is 258 g/mol. The Kier molecular flexibility index (Phi) is 5.99. The van der Waals surface area contributed by atoms with Gasteiger partial charge in [-0.15, -0.1) is 0 Å². The fraction of sp³-hybridized carbons (Fsp3) is 0.867. The number of hydrogen-bond donors (Lipinski definition) is 3. The van der Waals surface area contributed by atoms with E-state index in [9.17, 15) is 19.8 Å². The van der Waals surface area contributed by atoms with Crippen LogP contribution in [-0.4, -0.2) is 34.2 Å². The average Bonchev–Trinajstić information content (AvgIpc) is 2.80. The Morgan fingerprint density at radius 3 is 2.35 bits per heavy atom. The molecule has 1 rings (SSSR count). The van der Waals surface area contributed by atoms with Crippen LogP contribution in [0.2, 0.25) is 0 Å². The molecule has 0 saturated heterocycles. The fourth-order valence-electron chi connectivity index (χ4n) is 3.07. The van der Waals surface area contributed by atoms with E-state index in [1.54, 1.807) is 6.92 Å². The van der Waals surface area contributed by atoms with E-state index in [4.69, 9.17) is 0 Å². The molecule has 0 spiro atoms. The minimum atomic E-state index is -0.925. The van der Waals surface area contributed by atoms with Crippen molar-refractivity contribution in [1.29, 1.82) is 0 Å². The number of nitrogens with one attached hydrogen (secondary N) is 1. The van der Waals surface area contributed by atoms with Crippen molar-refractivity contribution >= 4 is 11.9 Å². The van der Waals surface area contributed by atoms with E-state index in [2.05, 4.69) is 5.32 Å². The minimum Gasteiger partial charge on any atom is -0.481 e. The number of rotatable bonds is 7. The second-order valence-electron chi connectivity index (χ2n) is 6.26. The third kappa shape index (κ3) is 4.47. The summed E-state index contributed by atoms with van der Waals surface area (Å²) < 4.78 is 0. The first-order chi connectivity index (χ1) is 9.30. The Hall–Kier alpha value is -1.10. The monoisotopic (exact) mass is 285 g/mol. The van der Waals surface area contributed by atoms with Gasteiger partial charge in [-0.3, -0.25) is 9.59 Å². The number of amides is 1. The largest absolute Gasteiger partial charge is 0.481 e. The molecule has 1 amide bonds. The third-order valence-electron chi connectivity index (χ3n) is 4.32. The van der Waals surface area contributed by atoms with Gasteiger partial charge >= 0.3 is 5.97 Å². The van der Waals surface area contributed by atoms with Crippen molar-refractivity contribution in [3.05, 3.63) is 0 Å². The van der Waals surface area contributed by atoms with Crippen LogP contribution in [0.1, 0.15) is 52.9 Å². The number of carbonyl (C=O) groups excluding carboxylic acids is 1. The zero-order valence-electron chi connectivity index (χ0n) is 12.7. The molecule has 0 radical (unpaired) electrons. The molecule has 3 N–H and O–H groups in total. The topological polar surface area (TPSA) is 86.6 Å². The summed E-state index contributed by atoms with van der Waals surface area (Å²) in [6, 6.07) is 0. The van der Waals surface area contributed by atoms with Gasteiger partial charge in [-0.1, -0.05) is 26.7 Å². The van der Waals surface area contributed by atoms with E-state index in [1.165, 1.54) is 0 Å². The second kappa shape index (κ2) is 7.07. The lowest BCUT2D eigenvalue weighted by Crippen LogP contribution is -2.44. The first-order valence-electron chi connectivity index (χ1n) is 7.53. The van der Waals surface area contributed by atoms with Crippen LogP contribution in [0.5, 0.6) is 0 Å². The van der Waals surface area contributed by atoms with Crippen molar-refractivity contribution < 1.29 is 19.8 Å². The molecule has 5 heteroatoms. The van der Waals surface area contributed by atoms with E-state index in [1.807, 2.05) is 13.8 Å². The molecule has 20 heavy (non-hydrogen) atoms. The van der Waals surface area contributed by atoms with Crippen LogP contribution >= 0.6 is 0 Å². The number of carboxylic acid groups (broad SMARTS) is 1. The molecule has 1 aliphatic rings. The predicted molar refractivity (Wildman–Crippen MR) is 76.2 cm³/mol. The van der Waals surface area contributed by atoms with Crippen molar-refractivity contribution in [2.24, 2.45) is 17.8 Å². The molecule has 0 heterocycles. The highest BCUT2D eigenvalue weighted by Crippen LogP contribution is 2.38. The van der Waals surface area contributed by atoms with Gasteiger partial charge in [0.1, 0.15) is 0 Å². The number of aliphatic carboxylic acids is 1. The molecule has 1 fully saturated rings. The summed E-state index contributed by atoms with van der Waals surface area (Å²) in [6.07, 6.45) is 3.56. The van der Waals surface area contributed by atoms with Gasteiger partial charge in [-0.2, -0.15) is 0 Å². The third-order valence-corrected chi connectivity index (χ3v) is 4.32. The van der Waals surface area contributed by atoms with E-state index in [0.29, 0.717) is 25.2 Å². The lowest BCUT2D eigenvalue weighted by Gasteiger charge is -2.24. The molecule has 0 aromatic rings. The Morgan fingerprint density at radius 2 is 1.85 bits per heavy atom. The molecule has 116 valence electrons. The maximum absolute atomic E-state index is 12.2. The van der Waals surface area contributed by atoms with Gasteiger partial charge in [0.25, 0.3) is 0 Å². The molecule has 1 saturated carbocycles. The van der Waals surface area contributed by atoms with E-state index in [0.717, 1.165) is 12.8 Å². The Bertz CT molecular complexity index is 354. The standard InChI is InChI=1S/C15H27NO4/c1-4-6-15(3,20)9-16-13(17)11-7-10(5-2)8-12(11)14(18)19/h10-12,20H,4-9H2,1-3H3,(H,16,17)(H,18,19). The van der Waals surface area contributed by atoms with Crippen molar-refractivity contribution in [3.63, 3.8) is 0 Å². The normalized spacial score (nSPS) is 28.9. The van der Waals surface area contributed by atoms with E-state index >= 15 is 0 Å². The smallest absolute Gasteiger partial charge is 0.307 e. The molecule has 5 nitrogen and oxygen atoms in total. The summed E-state index contributed by atoms with van der Waals surface area (Å²) in [4.78, 5) is 23.4. The summed E-state index contributed by atoms with van der Waals surface area (Å²) in [5.74, 6) is -1.86. The predicted octanol–water partition coefficient (Wildman–Crippen LogP) is 1.79. The van der Waals surface area contributed by atoms with Crippen LogP contribution in [-0.2, 0) is 9.59 Å². The van der Waals surface area contributed by atoms with E-state index in [-0.39, 0.29) is 12.5 Å². The molecule has 0 aromatic heterocycles. The first kappa shape index (κ1) is 17.0. The lowest BCUT2D eigenvalue weighted by molar-refractivity contribution is -0.146. The van der Waals surface area contributed by atoms with Gasteiger partial charge in [0.05, 0.1) is 17.4 Å². The van der Waals surface area contributed by atoms with Crippen LogP contribution in [0.15, 0.2) is 0 Å². The number of carbonyl (C=O) groups is 2. The van der Waals surface area contributed by atoms with Crippen LogP contribution in [0, 0.1) is 17.8 Å². The summed E-state index contributed by atoms with van der Waals surface area (Å²) in [5.41, 5.74) is -0.925. The number of carboxylic acids is 1. The van der Waals surface area contributed by atoms with Gasteiger partial charge in [-0.05, 0) is 32.1 Å². The quantitative estimate of drug-likeness (QED) is 0.665. The van der Waals surface area contributed by atoms with Crippen LogP contribution in [0.25, 0.3) is 0 Å². The Balaban J connectivity index is 2.59. The van der Waals surface area contributed by atoms with Gasteiger partial charge in [0.15, 0.2) is 0 Å². The highest BCUT2D eigenvalue weighted by molar-refractivity contribution is 5.85. The molecule has 0 bridgehead atoms. The van der Waals surface area contributed by atoms with Crippen LogP contribution in [0.3, 0.4) is 0 Å². The minimum absolute atomic E-state index is 0.180. The first-order valence-corrected chi connectivity index (χ1v) is 7.53. The van der Waals surface area contributed by atoms with Gasteiger partial charge < -0.3 is 15.5 Å². The highest BCUT2D eigenvalue weighted by atomic mass is 16.4. The second-order valence-corrected chi connectivity index (χ2v) is 6.26. The summed E-state index contributed by atoms with van der Waals surface area (Å²) in [7, 11) is 0. The van der Waals surface area contributed by atoms with E-state index < -0.39 is 23.4 Å². The number of hydrogen-bond acceptors (Lipinski definition) is 3. The van der Waals surface area contributed by atoms with Crippen LogP contribution in [0.4, 0.5) is 0 Å². The van der Waals surface area contributed by atoms with Crippen molar-refractivity contribution in [2.75, 3.05) is 6.54 Å². The van der Waals surface area contributed by atoms with Gasteiger partial charge in [0.2, 0.25) is 5.91 Å². The zero-order chi connectivity index (χ0) is 15.3.